The highest BCUT2D eigenvalue weighted by Crippen LogP contribution is 2.35. The molecule has 0 radical (unpaired) electrons. The van der Waals surface area contributed by atoms with Crippen LogP contribution in [-0.2, 0) is 9.84 Å². The van der Waals surface area contributed by atoms with Gasteiger partial charge in [0.15, 0.2) is 17.2 Å². The van der Waals surface area contributed by atoms with Crippen LogP contribution in [0.2, 0.25) is 10.0 Å². The molecule has 13 heteroatoms. The van der Waals surface area contributed by atoms with Gasteiger partial charge in [-0.3, -0.25) is 20.5 Å². The van der Waals surface area contributed by atoms with Gasteiger partial charge in [-0.05, 0) is 24.3 Å². The van der Waals surface area contributed by atoms with Gasteiger partial charge in [-0.15, -0.1) is 0 Å². The number of nitrogens with one attached hydrogen (secondary N) is 3. The number of urea groups is 1. The first-order chi connectivity index (χ1) is 14.6. The molecule has 2 amide bonds. The van der Waals surface area contributed by atoms with E-state index in [1.807, 2.05) is 0 Å². The number of rotatable bonds is 4. The molecule has 3 rings (SSSR count). The number of amides is 2. The topological polar surface area (TPSA) is 122 Å². The third kappa shape index (κ3) is 4.92. The standard InChI is InChI=1S/C18H11Cl2N7O3S/c1-21-14-7-10-13(8-15(14)22-2)24-18(31(3,29)30)25-16(10)26-27-17(28)23-12-5-4-9(19)6-11(12)20/h4-8H,3H3,(H2,23,27,28)(H,24,25,26). The number of anilines is 2. The zero-order chi connectivity index (χ0) is 22.8. The molecule has 0 atom stereocenters. The Morgan fingerprint density at radius 3 is 2.35 bits per heavy atom. The second kappa shape index (κ2) is 8.62. The van der Waals surface area contributed by atoms with Gasteiger partial charge in [-0.2, -0.15) is 4.98 Å². The molecule has 10 nitrogen and oxygen atoms in total. The van der Waals surface area contributed by atoms with E-state index >= 15 is 0 Å². The number of sulfone groups is 1. The number of hydrazine groups is 1. The Balaban J connectivity index is 1.97. The van der Waals surface area contributed by atoms with E-state index < -0.39 is 21.0 Å². The van der Waals surface area contributed by atoms with Crippen LogP contribution < -0.4 is 16.2 Å². The van der Waals surface area contributed by atoms with Crippen molar-refractivity contribution in [2.75, 3.05) is 17.0 Å². The highest BCUT2D eigenvalue weighted by atomic mass is 35.5. The van der Waals surface area contributed by atoms with Crippen molar-refractivity contribution in [1.29, 1.82) is 0 Å². The summed E-state index contributed by atoms with van der Waals surface area (Å²) in [6, 6.07) is 6.36. The zero-order valence-corrected chi connectivity index (χ0v) is 17.9. The second-order valence-corrected chi connectivity index (χ2v) is 8.79. The summed E-state index contributed by atoms with van der Waals surface area (Å²) in [4.78, 5) is 26.7. The molecule has 0 saturated heterocycles. The van der Waals surface area contributed by atoms with Crippen molar-refractivity contribution in [2.24, 2.45) is 0 Å². The summed E-state index contributed by atoms with van der Waals surface area (Å²) in [5.41, 5.74) is 5.25. The Kier molecular flexibility index (Phi) is 6.13. The molecule has 0 fully saturated rings. The zero-order valence-electron chi connectivity index (χ0n) is 15.6. The van der Waals surface area contributed by atoms with E-state index in [0.29, 0.717) is 5.02 Å². The lowest BCUT2D eigenvalue weighted by atomic mass is 10.2. The lowest BCUT2D eigenvalue weighted by Gasteiger charge is -2.13. The maximum Gasteiger partial charge on any atom is 0.337 e. The van der Waals surface area contributed by atoms with Crippen molar-refractivity contribution in [3.63, 3.8) is 0 Å². The number of hydrogen-bond donors (Lipinski definition) is 3. The molecule has 3 aromatic rings. The molecule has 0 aliphatic heterocycles. The predicted molar refractivity (Wildman–Crippen MR) is 117 cm³/mol. The monoisotopic (exact) mass is 475 g/mol. The van der Waals surface area contributed by atoms with Gasteiger partial charge >= 0.3 is 6.03 Å². The number of fused-ring (bicyclic) bond motifs is 1. The number of halogens is 2. The summed E-state index contributed by atoms with van der Waals surface area (Å²) in [5.74, 6) is -0.0794. The minimum atomic E-state index is -3.81. The van der Waals surface area contributed by atoms with Gasteiger partial charge in [0, 0.05) is 16.7 Å². The van der Waals surface area contributed by atoms with Crippen molar-refractivity contribution in [3.05, 3.63) is 63.2 Å². The summed E-state index contributed by atoms with van der Waals surface area (Å²) < 4.78 is 23.9. The molecule has 3 N–H and O–H groups in total. The molecule has 0 aliphatic carbocycles. The number of carbonyl (C=O) groups excluding carboxylic acids is 1. The second-order valence-electron chi connectivity index (χ2n) is 6.04. The fraction of sp³-hybridized carbons (Fsp3) is 0.0556. The van der Waals surface area contributed by atoms with Crippen LogP contribution in [0.3, 0.4) is 0 Å². The van der Waals surface area contributed by atoms with Crippen LogP contribution in [0.25, 0.3) is 20.6 Å². The largest absolute Gasteiger partial charge is 0.337 e. The number of aromatic nitrogens is 2. The first-order valence-corrected chi connectivity index (χ1v) is 10.9. The minimum Gasteiger partial charge on any atom is -0.305 e. The lowest BCUT2D eigenvalue weighted by Crippen LogP contribution is -2.34. The van der Waals surface area contributed by atoms with E-state index in [-0.39, 0.29) is 38.8 Å². The van der Waals surface area contributed by atoms with Crippen molar-refractivity contribution >= 4 is 72.9 Å². The van der Waals surface area contributed by atoms with Gasteiger partial charge in [-0.25, -0.2) is 18.2 Å². The Labute approximate surface area is 186 Å². The van der Waals surface area contributed by atoms with Crippen LogP contribution in [-0.4, -0.2) is 30.7 Å². The number of nitrogens with zero attached hydrogens (tertiary/aromatic N) is 4. The van der Waals surface area contributed by atoms with E-state index in [9.17, 15) is 13.2 Å². The van der Waals surface area contributed by atoms with Crippen molar-refractivity contribution in [1.82, 2.24) is 15.4 Å². The van der Waals surface area contributed by atoms with Crippen LogP contribution in [0.15, 0.2) is 35.5 Å². The molecule has 0 saturated carbocycles. The molecule has 1 heterocycles. The average molecular weight is 476 g/mol. The van der Waals surface area contributed by atoms with Crippen LogP contribution in [0.5, 0.6) is 0 Å². The fourth-order valence-electron chi connectivity index (χ4n) is 2.43. The Morgan fingerprint density at radius 2 is 1.74 bits per heavy atom. The van der Waals surface area contributed by atoms with E-state index in [0.717, 1.165) is 6.26 Å². The van der Waals surface area contributed by atoms with Crippen LogP contribution in [0.1, 0.15) is 0 Å². The lowest BCUT2D eigenvalue weighted by molar-refractivity contribution is 0.254. The van der Waals surface area contributed by atoms with Gasteiger partial charge < -0.3 is 5.32 Å². The summed E-state index contributed by atoms with van der Waals surface area (Å²) in [6.07, 6.45) is 0.921. The Morgan fingerprint density at radius 1 is 1.06 bits per heavy atom. The normalized spacial score (nSPS) is 10.7. The van der Waals surface area contributed by atoms with Gasteiger partial charge in [-0.1, -0.05) is 29.3 Å². The molecule has 31 heavy (non-hydrogen) atoms. The van der Waals surface area contributed by atoms with E-state index in [1.165, 1.54) is 30.3 Å². The highest BCUT2D eigenvalue weighted by molar-refractivity contribution is 7.90. The van der Waals surface area contributed by atoms with Gasteiger partial charge in [0.1, 0.15) is 0 Å². The summed E-state index contributed by atoms with van der Waals surface area (Å²) >= 11 is 11.8. The van der Waals surface area contributed by atoms with Crippen molar-refractivity contribution in [3.8, 4) is 0 Å². The van der Waals surface area contributed by atoms with Gasteiger partial charge in [0.2, 0.25) is 15.0 Å². The average Bonchev–Trinajstić information content (AvgIpc) is 2.72. The van der Waals surface area contributed by atoms with Crippen LogP contribution in [0.4, 0.5) is 27.7 Å². The molecule has 0 spiro atoms. The van der Waals surface area contributed by atoms with Crippen LogP contribution >= 0.6 is 23.2 Å². The minimum absolute atomic E-state index is 0.00897. The molecular weight excluding hydrogens is 465 g/mol. The summed E-state index contributed by atoms with van der Waals surface area (Å²) in [7, 11) is -3.81. The highest BCUT2D eigenvalue weighted by Gasteiger charge is 2.18. The number of benzene rings is 2. The van der Waals surface area contributed by atoms with E-state index in [2.05, 4.69) is 35.8 Å². The van der Waals surface area contributed by atoms with Gasteiger partial charge in [0.25, 0.3) is 0 Å². The fourth-order valence-corrected chi connectivity index (χ4v) is 3.41. The van der Waals surface area contributed by atoms with Gasteiger partial charge in [0.05, 0.1) is 29.4 Å². The smallest absolute Gasteiger partial charge is 0.305 e. The first kappa shape index (κ1) is 22.1. The molecule has 0 unspecified atom stereocenters. The number of carbonyl (C=O) groups is 1. The SMILES string of the molecule is [C-]#[N+]c1cc2nc(S(C)(=O)=O)nc(NNC(=O)Nc3ccc(Cl)cc3Cl)c2cc1[N+]#[C-]. The maximum absolute atomic E-state index is 12.2. The molecular formula is C18H11Cl2N7O3S. The Bertz CT molecular complexity index is 1410. The van der Waals surface area contributed by atoms with Crippen molar-refractivity contribution < 1.29 is 13.2 Å². The summed E-state index contributed by atoms with van der Waals surface area (Å²) in [6.45, 7) is 14.4. The number of hydrogen-bond acceptors (Lipinski definition) is 6. The molecule has 156 valence electrons. The third-order valence-corrected chi connectivity index (χ3v) is 5.21. The molecule has 1 aromatic heterocycles. The first-order valence-electron chi connectivity index (χ1n) is 8.21. The van der Waals surface area contributed by atoms with Crippen molar-refractivity contribution in [2.45, 2.75) is 5.16 Å². The van der Waals surface area contributed by atoms with E-state index in [4.69, 9.17) is 36.3 Å². The maximum atomic E-state index is 12.2. The third-order valence-electron chi connectivity index (χ3n) is 3.82. The molecule has 0 bridgehead atoms. The quantitative estimate of drug-likeness (QED) is 0.288. The van der Waals surface area contributed by atoms with Crippen LogP contribution in [0, 0.1) is 13.1 Å². The Hall–Kier alpha value is -3.64. The van der Waals surface area contributed by atoms with E-state index in [1.54, 1.807) is 0 Å². The summed E-state index contributed by atoms with van der Waals surface area (Å²) in [5, 5.41) is 2.81. The predicted octanol–water partition coefficient (Wildman–Crippen LogP) is 4.59. The molecule has 2 aromatic carbocycles. The molecule has 0 aliphatic rings.